The third kappa shape index (κ3) is 2.87. The Kier molecular flexibility index (Phi) is 3.46. The van der Waals surface area contributed by atoms with Crippen molar-refractivity contribution in [3.63, 3.8) is 0 Å². The molecule has 0 saturated heterocycles. The Morgan fingerprint density at radius 1 is 1.42 bits per heavy atom. The van der Waals surface area contributed by atoms with Gasteiger partial charge in [-0.15, -0.1) is 0 Å². The highest BCUT2D eigenvalue weighted by atomic mass is 16.4. The summed E-state index contributed by atoms with van der Waals surface area (Å²) in [6.45, 7) is 0. The van der Waals surface area contributed by atoms with Gasteiger partial charge in [0.1, 0.15) is 11.5 Å². The fourth-order valence-electron chi connectivity index (χ4n) is 1.85. The van der Waals surface area contributed by atoms with Gasteiger partial charge in [-0.25, -0.2) is 0 Å². The highest BCUT2D eigenvalue weighted by Crippen LogP contribution is 2.33. The molecule has 102 valence electrons. The fraction of sp³-hybridized carbons (Fsp3) is 0.333. The fourth-order valence-corrected chi connectivity index (χ4v) is 1.85. The highest BCUT2D eigenvalue weighted by molar-refractivity contribution is 6.00. The molecule has 1 saturated carbocycles. The van der Waals surface area contributed by atoms with E-state index in [9.17, 15) is 15.0 Å². The molecule has 19 heavy (non-hydrogen) atoms. The van der Waals surface area contributed by atoms with Crippen LogP contribution in [0.3, 0.4) is 0 Å². The van der Waals surface area contributed by atoms with Crippen LogP contribution in [-0.4, -0.2) is 33.2 Å². The van der Waals surface area contributed by atoms with Gasteiger partial charge < -0.3 is 26.5 Å². The molecule has 1 aromatic rings. The minimum atomic E-state index is -0.586. The first-order chi connectivity index (χ1) is 9.02. The Hall–Kier alpha value is -2.44. The Labute approximate surface area is 109 Å². The van der Waals surface area contributed by atoms with Gasteiger partial charge in [0, 0.05) is 0 Å². The summed E-state index contributed by atoms with van der Waals surface area (Å²) in [4.78, 5) is 12.0. The van der Waals surface area contributed by atoms with E-state index in [0.717, 1.165) is 18.9 Å². The van der Waals surface area contributed by atoms with Gasteiger partial charge in [-0.05, 0) is 37.0 Å². The number of carbonyl (C=O) groups is 1. The number of nitrogens with zero attached hydrogens (tertiary/aromatic N) is 1. The number of rotatable bonds is 4. The third-order valence-electron chi connectivity index (χ3n) is 3.04. The molecular formula is C12H15N3O4. The molecule has 1 amide bonds. The molecule has 6 N–H and O–H groups in total. The number of nitrogens with two attached hydrogens (primary N) is 1. The SMILES string of the molecule is N/C(=N/O)C(NC(=O)c1cc(O)ccc1O)C1CC1. The van der Waals surface area contributed by atoms with Crippen molar-refractivity contribution in [3.8, 4) is 11.5 Å². The molecule has 1 aliphatic rings. The van der Waals surface area contributed by atoms with Crippen LogP contribution in [0.2, 0.25) is 0 Å². The second-order valence-corrected chi connectivity index (χ2v) is 4.51. The van der Waals surface area contributed by atoms with Crippen molar-refractivity contribution < 1.29 is 20.2 Å². The molecular weight excluding hydrogens is 250 g/mol. The number of amidine groups is 1. The molecule has 1 unspecified atom stereocenters. The summed E-state index contributed by atoms with van der Waals surface area (Å²) in [5.41, 5.74) is 5.47. The van der Waals surface area contributed by atoms with E-state index >= 15 is 0 Å². The molecule has 0 bridgehead atoms. The van der Waals surface area contributed by atoms with Crippen LogP contribution in [0.25, 0.3) is 0 Å². The summed E-state index contributed by atoms with van der Waals surface area (Å²) in [7, 11) is 0. The summed E-state index contributed by atoms with van der Waals surface area (Å²) < 4.78 is 0. The summed E-state index contributed by atoms with van der Waals surface area (Å²) in [5, 5.41) is 33.1. The molecule has 0 aromatic heterocycles. The number of aromatic hydroxyl groups is 2. The van der Waals surface area contributed by atoms with E-state index in [4.69, 9.17) is 10.9 Å². The van der Waals surface area contributed by atoms with Gasteiger partial charge in [-0.1, -0.05) is 5.16 Å². The zero-order valence-corrected chi connectivity index (χ0v) is 10.1. The monoisotopic (exact) mass is 265 g/mol. The zero-order chi connectivity index (χ0) is 14.0. The maximum absolute atomic E-state index is 12.0. The van der Waals surface area contributed by atoms with Crippen molar-refractivity contribution in [2.45, 2.75) is 18.9 Å². The number of benzene rings is 1. The Morgan fingerprint density at radius 3 is 2.68 bits per heavy atom. The van der Waals surface area contributed by atoms with Gasteiger partial charge in [0.2, 0.25) is 0 Å². The third-order valence-corrected chi connectivity index (χ3v) is 3.04. The summed E-state index contributed by atoms with van der Waals surface area (Å²) in [6.07, 6.45) is 1.76. The second kappa shape index (κ2) is 5.05. The van der Waals surface area contributed by atoms with Crippen LogP contribution >= 0.6 is 0 Å². The number of nitrogens with one attached hydrogen (secondary N) is 1. The summed E-state index contributed by atoms with van der Waals surface area (Å²) in [6, 6.07) is 3.08. The molecule has 1 atom stereocenters. The average molecular weight is 265 g/mol. The molecule has 1 aliphatic carbocycles. The van der Waals surface area contributed by atoms with Crippen LogP contribution in [0, 0.1) is 5.92 Å². The van der Waals surface area contributed by atoms with Gasteiger partial charge in [0.05, 0.1) is 11.6 Å². The predicted octanol–water partition coefficient (Wildman–Crippen LogP) is 0.353. The van der Waals surface area contributed by atoms with Crippen molar-refractivity contribution >= 4 is 11.7 Å². The molecule has 0 aliphatic heterocycles. The smallest absolute Gasteiger partial charge is 0.255 e. The quantitative estimate of drug-likeness (QED) is 0.176. The molecule has 0 spiro atoms. The minimum absolute atomic E-state index is 0.0589. The lowest BCUT2D eigenvalue weighted by molar-refractivity contribution is 0.0940. The predicted molar refractivity (Wildman–Crippen MR) is 67.2 cm³/mol. The van der Waals surface area contributed by atoms with Crippen LogP contribution in [0.15, 0.2) is 23.4 Å². The van der Waals surface area contributed by atoms with Crippen molar-refractivity contribution in [2.24, 2.45) is 16.8 Å². The van der Waals surface area contributed by atoms with Gasteiger partial charge in [0.25, 0.3) is 5.91 Å². The van der Waals surface area contributed by atoms with Crippen molar-refractivity contribution in [3.05, 3.63) is 23.8 Å². The van der Waals surface area contributed by atoms with Crippen LogP contribution in [-0.2, 0) is 0 Å². The average Bonchev–Trinajstić information content (AvgIpc) is 3.22. The van der Waals surface area contributed by atoms with Crippen LogP contribution in [0.4, 0.5) is 0 Å². The lowest BCUT2D eigenvalue weighted by Crippen LogP contribution is -2.46. The number of hydrogen-bond donors (Lipinski definition) is 5. The largest absolute Gasteiger partial charge is 0.508 e. The molecule has 0 heterocycles. The van der Waals surface area contributed by atoms with Gasteiger partial charge in [-0.3, -0.25) is 4.79 Å². The zero-order valence-electron chi connectivity index (χ0n) is 10.1. The van der Waals surface area contributed by atoms with Crippen molar-refractivity contribution in [1.29, 1.82) is 0 Å². The lowest BCUT2D eigenvalue weighted by Gasteiger charge is -2.17. The first-order valence-electron chi connectivity index (χ1n) is 5.83. The van der Waals surface area contributed by atoms with E-state index in [1.165, 1.54) is 12.1 Å². The lowest BCUT2D eigenvalue weighted by atomic mass is 10.1. The van der Waals surface area contributed by atoms with Crippen molar-refractivity contribution in [1.82, 2.24) is 5.32 Å². The Bertz CT molecular complexity index is 526. The number of hydrogen-bond acceptors (Lipinski definition) is 5. The number of carbonyl (C=O) groups excluding carboxylic acids is 1. The van der Waals surface area contributed by atoms with Crippen LogP contribution in [0.1, 0.15) is 23.2 Å². The van der Waals surface area contributed by atoms with Crippen LogP contribution in [0.5, 0.6) is 11.5 Å². The van der Waals surface area contributed by atoms with E-state index in [2.05, 4.69) is 10.5 Å². The van der Waals surface area contributed by atoms with E-state index in [0.29, 0.717) is 0 Å². The number of oxime groups is 1. The Balaban J connectivity index is 2.17. The normalized spacial score (nSPS) is 16.9. The molecule has 7 heteroatoms. The van der Waals surface area contributed by atoms with E-state index in [1.54, 1.807) is 0 Å². The Morgan fingerprint density at radius 2 is 2.11 bits per heavy atom. The number of phenols is 2. The second-order valence-electron chi connectivity index (χ2n) is 4.51. The standard InChI is InChI=1S/C12H15N3O4/c13-11(15-19)10(6-1-2-6)14-12(18)8-5-7(16)3-4-9(8)17/h3-6,10,16-17,19H,1-2H2,(H2,13,15)(H,14,18). The van der Waals surface area contributed by atoms with Gasteiger partial charge in [0.15, 0.2) is 5.84 Å². The topological polar surface area (TPSA) is 128 Å². The summed E-state index contributed by atoms with van der Waals surface area (Å²) >= 11 is 0. The van der Waals surface area contributed by atoms with Gasteiger partial charge in [-0.2, -0.15) is 0 Å². The van der Waals surface area contributed by atoms with Crippen molar-refractivity contribution in [2.75, 3.05) is 0 Å². The van der Waals surface area contributed by atoms with E-state index < -0.39 is 11.9 Å². The molecule has 1 aromatic carbocycles. The van der Waals surface area contributed by atoms with Crippen LogP contribution < -0.4 is 11.1 Å². The number of phenolic OH excluding ortho intramolecular Hbond substituents is 2. The van der Waals surface area contributed by atoms with Gasteiger partial charge >= 0.3 is 0 Å². The molecule has 7 nitrogen and oxygen atoms in total. The minimum Gasteiger partial charge on any atom is -0.508 e. The molecule has 2 rings (SSSR count). The highest BCUT2D eigenvalue weighted by Gasteiger charge is 2.35. The van der Waals surface area contributed by atoms with E-state index in [1.807, 2.05) is 0 Å². The first-order valence-corrected chi connectivity index (χ1v) is 5.83. The summed E-state index contributed by atoms with van der Waals surface area (Å²) in [5.74, 6) is -0.897. The molecule has 0 radical (unpaired) electrons. The first kappa shape index (κ1) is 13.0. The maximum atomic E-state index is 12.0. The number of amides is 1. The van der Waals surface area contributed by atoms with E-state index in [-0.39, 0.29) is 28.8 Å². The maximum Gasteiger partial charge on any atom is 0.255 e. The molecule has 1 fully saturated rings.